The Labute approximate surface area is 218 Å². The van der Waals surface area contributed by atoms with Crippen LogP contribution in [0.15, 0.2) is 23.5 Å². The zero-order chi connectivity index (χ0) is 25.3. The predicted molar refractivity (Wildman–Crippen MR) is 142 cm³/mol. The number of carbonyl (C=O) groups excluding carboxylic acids is 1. The molecule has 2 aromatic heterocycles. The van der Waals surface area contributed by atoms with E-state index in [1.165, 1.54) is 24.2 Å². The fourth-order valence-corrected chi connectivity index (χ4v) is 6.20. The molecule has 3 fully saturated rings. The highest BCUT2D eigenvalue weighted by atomic mass is 32.2. The zero-order valence-corrected chi connectivity index (χ0v) is 22.5. The Bertz CT molecular complexity index is 1070. The highest BCUT2D eigenvalue weighted by Gasteiger charge is 2.57. The first kappa shape index (κ1) is 25.5. The number of fused-ring (bicyclic) bond motifs is 2. The molecular formula is C26H39N7O2S. The van der Waals surface area contributed by atoms with Crippen LogP contribution in [0.4, 0.5) is 11.8 Å². The van der Waals surface area contributed by atoms with Crippen molar-refractivity contribution in [1.82, 2.24) is 24.1 Å². The van der Waals surface area contributed by atoms with Crippen molar-refractivity contribution in [3.8, 4) is 0 Å². The number of aliphatic hydroxyl groups is 1. The van der Waals surface area contributed by atoms with Gasteiger partial charge < -0.3 is 15.7 Å². The van der Waals surface area contributed by atoms with E-state index >= 15 is 0 Å². The second kappa shape index (κ2) is 10.3. The van der Waals surface area contributed by atoms with Crippen LogP contribution in [-0.2, 0) is 10.2 Å². The standard InChI is InChI=1S/C19H25N7OS.C7H14O/c1-12(2)26-11-14(9-21-26)28-25-7-3-13(4-8-25)22-18-20-10-15-16(24-18)23-17(27)19(15)5-6-19;1-7(8)5-3-2-4-6-7/h9-13H,3-8H2,1-2H3,(H2,20,22,23,24,27);8H,2-6H2,1H3. The molecule has 0 radical (unpaired) electrons. The number of hydrogen-bond donors (Lipinski definition) is 3. The molecular weight excluding hydrogens is 474 g/mol. The summed E-state index contributed by atoms with van der Waals surface area (Å²) in [6, 6.07) is 0.733. The predicted octanol–water partition coefficient (Wildman–Crippen LogP) is 4.52. The lowest BCUT2D eigenvalue weighted by Gasteiger charge is -2.31. The lowest BCUT2D eigenvalue weighted by Crippen LogP contribution is -2.35. The van der Waals surface area contributed by atoms with Gasteiger partial charge in [0.1, 0.15) is 5.82 Å². The van der Waals surface area contributed by atoms with Gasteiger partial charge in [-0.2, -0.15) is 10.1 Å². The van der Waals surface area contributed by atoms with E-state index in [1.54, 1.807) is 11.9 Å². The third kappa shape index (κ3) is 5.70. The van der Waals surface area contributed by atoms with Gasteiger partial charge in [-0.1, -0.05) is 19.3 Å². The molecule has 4 heterocycles. The minimum atomic E-state index is -0.321. The van der Waals surface area contributed by atoms with Gasteiger partial charge in [-0.05, 0) is 71.2 Å². The Morgan fingerprint density at radius 2 is 1.86 bits per heavy atom. The van der Waals surface area contributed by atoms with E-state index in [0.717, 1.165) is 57.2 Å². The maximum Gasteiger partial charge on any atom is 0.236 e. The van der Waals surface area contributed by atoms with Crippen molar-refractivity contribution in [3.63, 3.8) is 0 Å². The summed E-state index contributed by atoms with van der Waals surface area (Å²) in [6.07, 6.45) is 15.5. The Kier molecular flexibility index (Phi) is 7.29. The van der Waals surface area contributed by atoms with Crippen LogP contribution < -0.4 is 10.6 Å². The lowest BCUT2D eigenvalue weighted by atomic mass is 9.87. The van der Waals surface area contributed by atoms with E-state index in [0.29, 0.717) is 23.8 Å². The molecule has 9 nitrogen and oxygen atoms in total. The first-order valence-electron chi connectivity index (χ1n) is 13.4. The van der Waals surface area contributed by atoms with E-state index in [-0.39, 0.29) is 16.9 Å². The number of nitrogens with one attached hydrogen (secondary N) is 2. The normalized spacial score (nSPS) is 22.6. The molecule has 1 saturated heterocycles. The summed E-state index contributed by atoms with van der Waals surface area (Å²) in [5, 5.41) is 20.2. The molecule has 0 atom stereocenters. The fourth-order valence-electron chi connectivity index (χ4n) is 5.25. The van der Waals surface area contributed by atoms with Gasteiger partial charge in [-0.25, -0.2) is 9.29 Å². The molecule has 0 bridgehead atoms. The van der Waals surface area contributed by atoms with Gasteiger partial charge in [0.2, 0.25) is 11.9 Å². The van der Waals surface area contributed by atoms with E-state index in [1.807, 2.05) is 24.0 Å². The van der Waals surface area contributed by atoms with Crippen LogP contribution >= 0.6 is 11.9 Å². The molecule has 10 heteroatoms. The minimum absolute atomic E-state index is 0.0834. The molecule has 196 valence electrons. The van der Waals surface area contributed by atoms with Crippen LogP contribution in [0.1, 0.15) is 90.2 Å². The molecule has 2 aliphatic heterocycles. The molecule has 0 unspecified atom stereocenters. The zero-order valence-electron chi connectivity index (χ0n) is 21.7. The van der Waals surface area contributed by atoms with Crippen molar-refractivity contribution in [2.75, 3.05) is 23.7 Å². The Hall–Kier alpha value is -2.17. The van der Waals surface area contributed by atoms with E-state index in [4.69, 9.17) is 0 Å². The van der Waals surface area contributed by atoms with E-state index < -0.39 is 0 Å². The molecule has 1 amide bonds. The highest BCUT2D eigenvalue weighted by Crippen LogP contribution is 2.54. The number of hydrogen-bond acceptors (Lipinski definition) is 8. The summed E-state index contributed by atoms with van der Waals surface area (Å²) >= 11 is 1.78. The number of aromatic nitrogens is 4. The molecule has 2 aromatic rings. The molecule has 6 rings (SSSR count). The number of rotatable bonds is 5. The minimum Gasteiger partial charge on any atom is -0.390 e. The molecule has 1 spiro atoms. The first-order valence-corrected chi connectivity index (χ1v) is 14.2. The molecule has 0 aromatic carbocycles. The van der Waals surface area contributed by atoms with Crippen LogP contribution in [0.2, 0.25) is 0 Å². The smallest absolute Gasteiger partial charge is 0.236 e. The quantitative estimate of drug-likeness (QED) is 0.501. The molecule has 2 aliphatic carbocycles. The summed E-state index contributed by atoms with van der Waals surface area (Å²) in [4.78, 5) is 22.3. The van der Waals surface area contributed by atoms with Gasteiger partial charge in [-0.15, -0.1) is 0 Å². The van der Waals surface area contributed by atoms with Crippen molar-refractivity contribution in [1.29, 1.82) is 0 Å². The first-order chi connectivity index (χ1) is 17.2. The lowest BCUT2D eigenvalue weighted by molar-refractivity contribution is -0.117. The average Bonchev–Trinajstić information content (AvgIpc) is 3.43. The average molecular weight is 514 g/mol. The number of piperidine rings is 1. The number of anilines is 2. The Morgan fingerprint density at radius 1 is 1.14 bits per heavy atom. The second-order valence-corrected chi connectivity index (χ2v) is 12.4. The van der Waals surface area contributed by atoms with Crippen molar-refractivity contribution < 1.29 is 9.90 Å². The van der Waals surface area contributed by atoms with Crippen molar-refractivity contribution in [3.05, 3.63) is 24.2 Å². The summed E-state index contributed by atoms with van der Waals surface area (Å²) in [5.74, 6) is 1.39. The second-order valence-electron chi connectivity index (χ2n) is 11.2. The number of amides is 1. The van der Waals surface area contributed by atoms with E-state index in [2.05, 4.69) is 50.0 Å². The number of carbonyl (C=O) groups is 1. The third-order valence-electron chi connectivity index (χ3n) is 7.78. The monoisotopic (exact) mass is 513 g/mol. The maximum absolute atomic E-state index is 12.1. The Morgan fingerprint density at radius 3 is 2.44 bits per heavy atom. The van der Waals surface area contributed by atoms with Crippen molar-refractivity contribution >= 4 is 29.6 Å². The van der Waals surface area contributed by atoms with Crippen LogP contribution in [0.5, 0.6) is 0 Å². The van der Waals surface area contributed by atoms with Gasteiger partial charge >= 0.3 is 0 Å². The van der Waals surface area contributed by atoms with Crippen LogP contribution in [0.3, 0.4) is 0 Å². The molecule has 4 aliphatic rings. The summed E-state index contributed by atoms with van der Waals surface area (Å²) in [7, 11) is 0. The van der Waals surface area contributed by atoms with Crippen molar-refractivity contribution in [2.45, 2.75) is 107 Å². The van der Waals surface area contributed by atoms with Gasteiger partial charge in [0.25, 0.3) is 0 Å². The summed E-state index contributed by atoms with van der Waals surface area (Å²) in [6.45, 7) is 8.21. The van der Waals surface area contributed by atoms with Crippen LogP contribution in [0.25, 0.3) is 0 Å². The fraction of sp³-hybridized carbons (Fsp3) is 0.692. The third-order valence-corrected chi connectivity index (χ3v) is 8.83. The number of nitrogens with zero attached hydrogens (tertiary/aromatic N) is 5. The van der Waals surface area contributed by atoms with Gasteiger partial charge in [-0.3, -0.25) is 9.48 Å². The Balaban J connectivity index is 0.000000286. The molecule has 2 saturated carbocycles. The van der Waals surface area contributed by atoms with Crippen molar-refractivity contribution in [2.24, 2.45) is 0 Å². The highest BCUT2D eigenvalue weighted by molar-refractivity contribution is 7.97. The summed E-state index contributed by atoms with van der Waals surface area (Å²) < 4.78 is 4.38. The van der Waals surface area contributed by atoms with Gasteiger partial charge in [0.15, 0.2) is 0 Å². The van der Waals surface area contributed by atoms with Gasteiger partial charge in [0, 0.05) is 43.1 Å². The maximum atomic E-state index is 12.1. The topological polar surface area (TPSA) is 108 Å². The van der Waals surface area contributed by atoms with E-state index in [9.17, 15) is 9.90 Å². The molecule has 3 N–H and O–H groups in total. The van der Waals surface area contributed by atoms with Crippen LogP contribution in [0, 0.1) is 0 Å². The van der Waals surface area contributed by atoms with Crippen LogP contribution in [-0.4, -0.2) is 59.8 Å². The van der Waals surface area contributed by atoms with Gasteiger partial charge in [0.05, 0.1) is 22.1 Å². The SMILES string of the molecule is CC(C)n1cc(SN2CCC(Nc3ncc4c(n3)NC(=O)C43CC3)CC2)cn1.CC1(O)CCCCC1. The molecule has 36 heavy (non-hydrogen) atoms. The summed E-state index contributed by atoms with van der Waals surface area (Å²) in [5.41, 5.74) is 0.328. The largest absolute Gasteiger partial charge is 0.390 e.